The van der Waals surface area contributed by atoms with Crippen molar-refractivity contribution in [3.05, 3.63) is 125 Å². The van der Waals surface area contributed by atoms with Crippen molar-refractivity contribution in [1.29, 1.82) is 0 Å². The summed E-state index contributed by atoms with van der Waals surface area (Å²) >= 11 is 0. The Morgan fingerprint density at radius 2 is 1.74 bits per heavy atom. The first-order valence-corrected chi connectivity index (χ1v) is 16.7. The Morgan fingerprint density at radius 1 is 1.00 bits per heavy atom. The molecule has 0 saturated carbocycles. The fourth-order valence-electron chi connectivity index (χ4n) is 7.20. The quantitative estimate of drug-likeness (QED) is 0.240. The molecule has 0 saturated heterocycles. The number of methoxy groups -OCH3 is 1. The molecular weight excluding hydrogens is 634 g/mol. The standard InChI is InChI=1S/C40H39N3O7/c1-26(8-7-13-37(45)41-23-29-10-4-3-9-28(29)20-31(41)24-44)40(48)33-21-32(49-2)18-19-34(33)42(39(40)47)22-27-14-16-30(17-15-27)43-35-11-5-6-12-36(35)50-25-38(43)46/h3-12,14-19,21,26,31,44,48H,13,20,22-25H2,1-2H3/b8-7+/t26-,31+,40+/m1/s1. The van der Waals surface area contributed by atoms with Crippen molar-refractivity contribution >= 4 is 34.8 Å². The van der Waals surface area contributed by atoms with Crippen molar-refractivity contribution in [2.24, 2.45) is 5.92 Å². The van der Waals surface area contributed by atoms with Crippen LogP contribution in [-0.4, -0.2) is 59.2 Å². The summed E-state index contributed by atoms with van der Waals surface area (Å²) in [6, 6.07) is 27.6. The van der Waals surface area contributed by atoms with Crippen LogP contribution < -0.4 is 19.3 Å². The molecular formula is C40H39N3O7. The lowest BCUT2D eigenvalue weighted by Gasteiger charge is -2.36. The number of rotatable bonds is 9. The van der Waals surface area contributed by atoms with Crippen LogP contribution in [0.3, 0.4) is 0 Å². The number of aliphatic hydroxyl groups is 2. The molecule has 3 atom stereocenters. The second-order valence-corrected chi connectivity index (χ2v) is 12.9. The van der Waals surface area contributed by atoms with Crippen LogP contribution in [0.25, 0.3) is 0 Å². The molecule has 4 aromatic carbocycles. The summed E-state index contributed by atoms with van der Waals surface area (Å²) in [6.07, 6.45) is 4.05. The number of benzene rings is 4. The van der Waals surface area contributed by atoms with Crippen molar-refractivity contribution in [1.82, 2.24) is 4.90 Å². The molecule has 10 heteroatoms. The molecule has 0 bridgehead atoms. The van der Waals surface area contributed by atoms with Crippen LogP contribution in [0.1, 0.15) is 35.6 Å². The number of hydrogen-bond donors (Lipinski definition) is 2. The first-order valence-electron chi connectivity index (χ1n) is 16.7. The molecule has 0 radical (unpaired) electrons. The predicted molar refractivity (Wildman–Crippen MR) is 188 cm³/mol. The highest BCUT2D eigenvalue weighted by molar-refractivity contribution is 6.07. The molecule has 3 heterocycles. The van der Waals surface area contributed by atoms with Crippen LogP contribution in [-0.2, 0) is 39.5 Å². The Balaban J connectivity index is 1.10. The lowest BCUT2D eigenvalue weighted by Crippen LogP contribution is -2.46. The van der Waals surface area contributed by atoms with Gasteiger partial charge in [0, 0.05) is 30.1 Å². The first kappa shape index (κ1) is 33.1. The summed E-state index contributed by atoms with van der Waals surface area (Å²) in [4.78, 5) is 45.3. The normalized spacial score (nSPS) is 20.3. The molecule has 3 aliphatic heterocycles. The number of para-hydroxylation sites is 2. The highest BCUT2D eigenvalue weighted by atomic mass is 16.5. The maximum absolute atomic E-state index is 14.2. The van der Waals surface area contributed by atoms with Crippen LogP contribution in [0.15, 0.2) is 103 Å². The largest absolute Gasteiger partial charge is 0.497 e. The minimum atomic E-state index is -1.91. The maximum Gasteiger partial charge on any atom is 0.269 e. The number of aliphatic hydroxyl groups excluding tert-OH is 1. The Kier molecular flexibility index (Phi) is 8.90. The molecule has 10 nitrogen and oxygen atoms in total. The van der Waals surface area contributed by atoms with Gasteiger partial charge in [0.05, 0.1) is 37.7 Å². The van der Waals surface area contributed by atoms with Gasteiger partial charge in [-0.1, -0.05) is 67.6 Å². The van der Waals surface area contributed by atoms with E-state index in [0.717, 1.165) is 16.7 Å². The third-order valence-corrected chi connectivity index (χ3v) is 9.98. The van der Waals surface area contributed by atoms with Gasteiger partial charge in [0.1, 0.15) is 11.5 Å². The molecule has 0 aromatic heterocycles. The SMILES string of the molecule is COc1ccc2c(c1)[C@@](O)([C@H](C)/C=C/CC(=O)N1Cc3ccccc3C[C@H]1CO)C(=O)N2Cc1ccc(N2C(=O)COc3ccccc32)cc1. The number of hydrogen-bond acceptors (Lipinski definition) is 7. The molecule has 0 spiro atoms. The number of fused-ring (bicyclic) bond motifs is 3. The van der Waals surface area contributed by atoms with Gasteiger partial charge in [-0.15, -0.1) is 0 Å². The molecule has 2 N–H and O–H groups in total. The third-order valence-electron chi connectivity index (χ3n) is 9.98. The molecule has 0 unspecified atom stereocenters. The Hall–Kier alpha value is -5.45. The Labute approximate surface area is 290 Å². The van der Waals surface area contributed by atoms with Crippen molar-refractivity contribution in [3.8, 4) is 11.5 Å². The van der Waals surface area contributed by atoms with E-state index in [1.54, 1.807) is 52.0 Å². The molecule has 0 aliphatic carbocycles. The van der Waals surface area contributed by atoms with Gasteiger partial charge in [0.2, 0.25) is 5.91 Å². The van der Waals surface area contributed by atoms with E-state index in [1.807, 2.05) is 72.8 Å². The number of carbonyl (C=O) groups excluding carboxylic acids is 3. The van der Waals surface area contributed by atoms with Crippen LogP contribution in [0.4, 0.5) is 17.1 Å². The number of ether oxygens (including phenoxy) is 2. The average molecular weight is 674 g/mol. The van der Waals surface area contributed by atoms with E-state index in [4.69, 9.17) is 9.47 Å². The second kappa shape index (κ2) is 13.5. The van der Waals surface area contributed by atoms with E-state index in [1.165, 1.54) is 7.11 Å². The van der Waals surface area contributed by atoms with Crippen LogP contribution >= 0.6 is 0 Å². The van der Waals surface area contributed by atoms with Crippen LogP contribution in [0.2, 0.25) is 0 Å². The summed E-state index contributed by atoms with van der Waals surface area (Å²) in [6.45, 7) is 2.17. The highest BCUT2D eigenvalue weighted by Crippen LogP contribution is 2.47. The Morgan fingerprint density at radius 3 is 2.50 bits per heavy atom. The predicted octanol–water partition coefficient (Wildman–Crippen LogP) is 5.01. The fraction of sp³-hybridized carbons (Fsp3) is 0.275. The van der Waals surface area contributed by atoms with E-state index in [2.05, 4.69) is 0 Å². The van der Waals surface area contributed by atoms with E-state index in [0.29, 0.717) is 47.1 Å². The van der Waals surface area contributed by atoms with Crippen molar-refractivity contribution in [2.45, 2.75) is 44.5 Å². The van der Waals surface area contributed by atoms with E-state index >= 15 is 0 Å². The number of anilines is 3. The van der Waals surface area contributed by atoms with Gasteiger partial charge in [0.15, 0.2) is 12.2 Å². The van der Waals surface area contributed by atoms with Gasteiger partial charge in [0.25, 0.3) is 11.8 Å². The van der Waals surface area contributed by atoms with E-state index in [9.17, 15) is 24.6 Å². The number of nitrogens with zero attached hydrogens (tertiary/aromatic N) is 3. The minimum Gasteiger partial charge on any atom is -0.497 e. The van der Waals surface area contributed by atoms with Gasteiger partial charge in [-0.05, 0) is 65.6 Å². The lowest BCUT2D eigenvalue weighted by molar-refractivity contribution is -0.139. The zero-order valence-corrected chi connectivity index (χ0v) is 28.0. The summed E-state index contributed by atoms with van der Waals surface area (Å²) in [5.41, 5.74) is 3.42. The lowest BCUT2D eigenvalue weighted by atomic mass is 9.82. The topological polar surface area (TPSA) is 120 Å². The second-order valence-electron chi connectivity index (χ2n) is 12.9. The van der Waals surface area contributed by atoms with Gasteiger partial charge in [-0.3, -0.25) is 19.3 Å². The number of carbonyl (C=O) groups is 3. The van der Waals surface area contributed by atoms with Gasteiger partial charge < -0.3 is 29.5 Å². The summed E-state index contributed by atoms with van der Waals surface area (Å²) in [5.74, 6) is -0.367. The average Bonchev–Trinajstić information content (AvgIpc) is 3.36. The summed E-state index contributed by atoms with van der Waals surface area (Å²) in [5, 5.41) is 22.2. The fourth-order valence-corrected chi connectivity index (χ4v) is 7.20. The molecule has 50 heavy (non-hydrogen) atoms. The van der Waals surface area contributed by atoms with Crippen LogP contribution in [0, 0.1) is 5.92 Å². The monoisotopic (exact) mass is 673 g/mol. The van der Waals surface area contributed by atoms with E-state index in [-0.39, 0.29) is 44.0 Å². The zero-order chi connectivity index (χ0) is 35.0. The molecule has 7 rings (SSSR count). The van der Waals surface area contributed by atoms with Crippen LogP contribution in [0.5, 0.6) is 11.5 Å². The molecule has 256 valence electrons. The maximum atomic E-state index is 14.2. The molecule has 4 aromatic rings. The first-order chi connectivity index (χ1) is 24.2. The van der Waals surface area contributed by atoms with Gasteiger partial charge in [-0.25, -0.2) is 0 Å². The van der Waals surface area contributed by atoms with Crippen molar-refractivity contribution < 1.29 is 34.1 Å². The van der Waals surface area contributed by atoms with Crippen molar-refractivity contribution in [3.63, 3.8) is 0 Å². The molecule has 0 fully saturated rings. The molecule has 3 aliphatic rings. The van der Waals surface area contributed by atoms with Gasteiger partial charge >= 0.3 is 0 Å². The summed E-state index contributed by atoms with van der Waals surface area (Å²) < 4.78 is 11.0. The van der Waals surface area contributed by atoms with Gasteiger partial charge in [-0.2, -0.15) is 0 Å². The Bertz CT molecular complexity index is 1980. The van der Waals surface area contributed by atoms with Crippen molar-refractivity contribution in [2.75, 3.05) is 30.1 Å². The summed E-state index contributed by atoms with van der Waals surface area (Å²) in [7, 11) is 1.53. The minimum absolute atomic E-state index is 0.0589. The van der Waals surface area contributed by atoms with E-state index < -0.39 is 17.4 Å². The highest BCUT2D eigenvalue weighted by Gasteiger charge is 2.52. The number of amides is 3. The smallest absolute Gasteiger partial charge is 0.269 e. The third kappa shape index (κ3) is 5.80. The zero-order valence-electron chi connectivity index (χ0n) is 28.0. The molecule has 3 amide bonds.